The fourth-order valence-corrected chi connectivity index (χ4v) is 2.78. The van der Waals surface area contributed by atoms with Gasteiger partial charge in [0.1, 0.15) is 0 Å². The van der Waals surface area contributed by atoms with Gasteiger partial charge in [-0.05, 0) is 53.6 Å². The molecule has 0 radical (unpaired) electrons. The van der Waals surface area contributed by atoms with Gasteiger partial charge in [0, 0.05) is 39.1 Å². The minimum Gasteiger partial charge on any atom is -0.342 e. The first kappa shape index (κ1) is 29.3. The van der Waals surface area contributed by atoms with Crippen LogP contribution < -0.4 is 0 Å². The van der Waals surface area contributed by atoms with Gasteiger partial charge in [-0.3, -0.25) is 9.59 Å². The maximum Gasteiger partial charge on any atom is 0.223 e. The van der Waals surface area contributed by atoms with Crippen LogP contribution in [0.5, 0.6) is 0 Å². The van der Waals surface area contributed by atoms with Crippen LogP contribution >= 0.6 is 0 Å². The minimum absolute atomic E-state index is 0.238. The van der Waals surface area contributed by atoms with Crippen molar-refractivity contribution in [1.82, 2.24) is 14.7 Å². The second-order valence-electron chi connectivity index (χ2n) is 7.00. The normalized spacial score (nSPS) is 15.8. The zero-order chi connectivity index (χ0) is 22.5. The first-order valence-corrected chi connectivity index (χ1v) is 11.0. The van der Waals surface area contributed by atoms with Crippen LogP contribution in [0.25, 0.3) is 0 Å². The number of carbonyl (C=O) groups excluding carboxylic acids is 2. The summed E-state index contributed by atoms with van der Waals surface area (Å²) in [5, 5.41) is 0. The molecule has 5 nitrogen and oxygen atoms in total. The standard InChI is InChI=1S/C12H21N3O2.C7H12.C3H6.C2H6/c16-11-14-7-9-15(10-8-14)12(17)3-6-13-4-1-2-5-13;1-4-5-6-7(2)3;1-3-2;1-2/h11H,1-10H2;4-6H,1-3H3;3H,1H2,2H3;1-2H3/b;5-4-;;. The van der Waals surface area contributed by atoms with Crippen LogP contribution in [0.1, 0.15) is 60.8 Å². The Bertz CT molecular complexity index is 469. The predicted molar refractivity (Wildman–Crippen MR) is 126 cm³/mol. The van der Waals surface area contributed by atoms with Crippen LogP contribution in [-0.4, -0.2) is 72.8 Å². The maximum absolute atomic E-state index is 11.9. The minimum atomic E-state index is 0.238. The summed E-state index contributed by atoms with van der Waals surface area (Å²) in [7, 11) is 0. The van der Waals surface area contributed by atoms with Crippen LogP contribution in [0.2, 0.25) is 0 Å². The Balaban J connectivity index is 0. The monoisotopic (exact) mass is 407 g/mol. The molecule has 0 saturated carbocycles. The van der Waals surface area contributed by atoms with Gasteiger partial charge in [0.05, 0.1) is 0 Å². The van der Waals surface area contributed by atoms with E-state index < -0.39 is 0 Å². The first-order valence-electron chi connectivity index (χ1n) is 11.0. The summed E-state index contributed by atoms with van der Waals surface area (Å²) < 4.78 is 0. The average molecular weight is 408 g/mol. The van der Waals surface area contributed by atoms with Crippen molar-refractivity contribution in [3.63, 3.8) is 0 Å². The van der Waals surface area contributed by atoms with Gasteiger partial charge in [-0.15, -0.1) is 6.58 Å². The predicted octanol–water partition coefficient (Wildman–Crippen LogP) is 4.52. The van der Waals surface area contributed by atoms with Crippen molar-refractivity contribution >= 4 is 12.3 Å². The highest BCUT2D eigenvalue weighted by Gasteiger charge is 2.21. The number of nitrogens with zero attached hydrogens (tertiary/aromatic N) is 3. The molecule has 0 aromatic carbocycles. The van der Waals surface area contributed by atoms with E-state index in [2.05, 4.69) is 31.4 Å². The first-order chi connectivity index (χ1) is 14.0. The van der Waals surface area contributed by atoms with Crippen molar-refractivity contribution in [2.75, 3.05) is 45.8 Å². The molecule has 2 aliphatic rings. The lowest BCUT2D eigenvalue weighted by Crippen LogP contribution is -2.48. The Morgan fingerprint density at radius 1 is 0.966 bits per heavy atom. The van der Waals surface area contributed by atoms with Crippen LogP contribution in [0.4, 0.5) is 0 Å². The number of likely N-dealkylation sites (tertiary alicyclic amines) is 1. The molecule has 0 aliphatic carbocycles. The highest BCUT2D eigenvalue weighted by molar-refractivity contribution is 5.76. The topological polar surface area (TPSA) is 43.9 Å². The molecular weight excluding hydrogens is 362 g/mol. The summed E-state index contributed by atoms with van der Waals surface area (Å²) in [5.41, 5.74) is 1.35. The zero-order valence-electron chi connectivity index (χ0n) is 19.8. The van der Waals surface area contributed by atoms with Gasteiger partial charge in [-0.1, -0.05) is 43.7 Å². The smallest absolute Gasteiger partial charge is 0.223 e. The van der Waals surface area contributed by atoms with Crippen LogP contribution in [0.3, 0.4) is 0 Å². The van der Waals surface area contributed by atoms with Gasteiger partial charge in [-0.25, -0.2) is 0 Å². The summed E-state index contributed by atoms with van der Waals surface area (Å²) in [6, 6.07) is 0. The highest BCUT2D eigenvalue weighted by atomic mass is 16.2. The fraction of sp³-hybridized carbons (Fsp3) is 0.667. The lowest BCUT2D eigenvalue weighted by Gasteiger charge is -2.32. The van der Waals surface area contributed by atoms with Crippen LogP contribution in [-0.2, 0) is 9.59 Å². The Kier molecular flexibility index (Phi) is 21.1. The number of carbonyl (C=O) groups is 2. The Morgan fingerprint density at radius 3 is 1.86 bits per heavy atom. The molecule has 0 N–H and O–H groups in total. The van der Waals surface area contributed by atoms with Gasteiger partial charge in [0.25, 0.3) is 0 Å². The molecule has 0 spiro atoms. The molecule has 2 amide bonds. The molecule has 29 heavy (non-hydrogen) atoms. The molecule has 2 heterocycles. The quantitative estimate of drug-likeness (QED) is 0.382. The van der Waals surface area contributed by atoms with Gasteiger partial charge in [-0.2, -0.15) is 0 Å². The number of piperazine rings is 1. The number of amides is 2. The lowest BCUT2D eigenvalue weighted by molar-refractivity contribution is -0.135. The van der Waals surface area contributed by atoms with E-state index >= 15 is 0 Å². The van der Waals surface area contributed by atoms with Gasteiger partial charge >= 0.3 is 0 Å². The van der Waals surface area contributed by atoms with Crippen molar-refractivity contribution in [3.8, 4) is 0 Å². The summed E-state index contributed by atoms with van der Waals surface area (Å²) in [5.74, 6) is 0.238. The van der Waals surface area contributed by atoms with Gasteiger partial charge in [0.2, 0.25) is 12.3 Å². The Labute approximate surface area is 180 Å². The van der Waals surface area contributed by atoms with Gasteiger partial charge < -0.3 is 14.7 Å². The molecule has 0 atom stereocenters. The molecule has 168 valence electrons. The zero-order valence-corrected chi connectivity index (χ0v) is 19.8. The van der Waals surface area contributed by atoms with E-state index in [-0.39, 0.29) is 5.91 Å². The van der Waals surface area contributed by atoms with Crippen molar-refractivity contribution in [2.24, 2.45) is 0 Å². The summed E-state index contributed by atoms with van der Waals surface area (Å²) in [4.78, 5) is 28.5. The van der Waals surface area contributed by atoms with E-state index in [1.165, 1.54) is 18.4 Å². The molecule has 5 heteroatoms. The van der Waals surface area contributed by atoms with E-state index in [0.717, 1.165) is 26.0 Å². The van der Waals surface area contributed by atoms with Crippen LogP contribution in [0.15, 0.2) is 36.5 Å². The molecule has 2 saturated heterocycles. The number of hydrogen-bond acceptors (Lipinski definition) is 3. The lowest BCUT2D eigenvalue weighted by atomic mass is 10.3. The van der Waals surface area contributed by atoms with E-state index in [1.54, 1.807) is 11.0 Å². The number of hydrogen-bond donors (Lipinski definition) is 0. The van der Waals surface area contributed by atoms with Crippen molar-refractivity contribution in [1.29, 1.82) is 0 Å². The number of rotatable bonds is 5. The van der Waals surface area contributed by atoms with Gasteiger partial charge in [0.15, 0.2) is 0 Å². The van der Waals surface area contributed by atoms with Crippen molar-refractivity contribution in [2.45, 2.75) is 60.8 Å². The van der Waals surface area contributed by atoms with E-state index in [1.807, 2.05) is 44.7 Å². The molecule has 0 bridgehead atoms. The second-order valence-corrected chi connectivity index (χ2v) is 7.00. The summed E-state index contributed by atoms with van der Waals surface area (Å²) in [6.07, 6.45) is 11.9. The summed E-state index contributed by atoms with van der Waals surface area (Å²) in [6.45, 7) is 21.4. The molecule has 2 aliphatic heterocycles. The highest BCUT2D eigenvalue weighted by Crippen LogP contribution is 2.09. The molecule has 2 fully saturated rings. The molecule has 2 rings (SSSR count). The molecule has 0 unspecified atom stereocenters. The van der Waals surface area contributed by atoms with E-state index in [0.29, 0.717) is 32.6 Å². The van der Waals surface area contributed by atoms with Crippen molar-refractivity contribution < 1.29 is 9.59 Å². The third-order valence-electron chi connectivity index (χ3n) is 4.28. The molecule has 0 aromatic heterocycles. The average Bonchev–Trinajstić information content (AvgIpc) is 3.27. The maximum atomic E-state index is 11.9. The largest absolute Gasteiger partial charge is 0.342 e. The fourth-order valence-electron chi connectivity index (χ4n) is 2.78. The van der Waals surface area contributed by atoms with E-state index in [9.17, 15) is 9.59 Å². The Hall–Kier alpha value is -1.88. The third kappa shape index (κ3) is 16.8. The SMILES string of the molecule is C/C=C\C=C(C)C.C=CC.CC.O=CN1CCN(C(=O)CCN2CCCC2)CC1. The third-order valence-corrected chi connectivity index (χ3v) is 4.28. The molecular formula is C24H45N3O2. The summed E-state index contributed by atoms with van der Waals surface area (Å²) >= 11 is 0. The van der Waals surface area contributed by atoms with Crippen LogP contribution in [0, 0.1) is 0 Å². The van der Waals surface area contributed by atoms with Crippen molar-refractivity contribution in [3.05, 3.63) is 36.5 Å². The number of allylic oxidation sites excluding steroid dienone is 5. The Morgan fingerprint density at radius 2 is 1.48 bits per heavy atom. The molecule has 0 aromatic rings. The second kappa shape index (κ2) is 20.8. The van der Waals surface area contributed by atoms with E-state index in [4.69, 9.17) is 0 Å².